The molecule has 0 bridgehead atoms. The van der Waals surface area contributed by atoms with Crippen LogP contribution in [0.3, 0.4) is 0 Å². The maximum absolute atomic E-state index is 10.8. The molecular weight excluding hydrogens is 254 g/mol. The molecule has 0 aliphatic heterocycles. The van der Waals surface area contributed by atoms with Crippen LogP contribution in [0.5, 0.6) is 5.75 Å². The van der Waals surface area contributed by atoms with E-state index < -0.39 is 4.92 Å². The molecule has 4 nitrogen and oxygen atoms in total. The minimum atomic E-state index is -0.410. The molecule has 0 fully saturated rings. The normalized spacial score (nSPS) is 10.2. The third-order valence-electron chi connectivity index (χ3n) is 3.04. The van der Waals surface area contributed by atoms with Crippen LogP contribution in [0.25, 0.3) is 0 Å². The Bertz CT molecular complexity index is 582. The summed E-state index contributed by atoms with van der Waals surface area (Å²) in [6, 6.07) is 16.0. The summed E-state index contributed by atoms with van der Waals surface area (Å²) in [5, 5.41) is 10.8. The van der Waals surface area contributed by atoms with E-state index in [9.17, 15) is 10.1 Å². The maximum Gasteiger partial charge on any atom is 0.280 e. The molecule has 0 aliphatic rings. The molecule has 1 radical (unpaired) electrons. The second-order valence-corrected chi connectivity index (χ2v) is 4.40. The van der Waals surface area contributed by atoms with E-state index in [0.717, 1.165) is 6.42 Å². The van der Waals surface area contributed by atoms with Gasteiger partial charge in [0, 0.05) is 12.0 Å². The molecule has 0 aliphatic carbocycles. The van der Waals surface area contributed by atoms with Crippen molar-refractivity contribution in [2.75, 3.05) is 6.61 Å². The number of benzene rings is 2. The van der Waals surface area contributed by atoms with Crippen molar-refractivity contribution >= 4 is 5.69 Å². The molecule has 2 rings (SSSR count). The minimum absolute atomic E-state index is 0.0305. The first kappa shape index (κ1) is 14.1. The zero-order valence-corrected chi connectivity index (χ0v) is 11.3. The van der Waals surface area contributed by atoms with Gasteiger partial charge in [-0.2, -0.15) is 0 Å². The third kappa shape index (κ3) is 3.57. The summed E-state index contributed by atoms with van der Waals surface area (Å²) in [5.74, 6) is 0.628. The first-order valence-electron chi connectivity index (χ1n) is 6.56. The van der Waals surface area contributed by atoms with Gasteiger partial charge in [-0.25, -0.2) is 0 Å². The van der Waals surface area contributed by atoms with Crippen LogP contribution in [0.15, 0.2) is 42.5 Å². The summed E-state index contributed by atoms with van der Waals surface area (Å²) >= 11 is 0. The van der Waals surface area contributed by atoms with E-state index in [4.69, 9.17) is 4.74 Å². The molecule has 0 saturated heterocycles. The second-order valence-electron chi connectivity index (χ2n) is 4.40. The molecule has 0 heterocycles. The lowest BCUT2D eigenvalue weighted by atomic mass is 10.1. The Morgan fingerprint density at radius 2 is 2.05 bits per heavy atom. The van der Waals surface area contributed by atoms with E-state index in [-0.39, 0.29) is 5.69 Å². The minimum Gasteiger partial charge on any atom is -0.493 e. The molecule has 0 atom stereocenters. The van der Waals surface area contributed by atoms with Crippen LogP contribution in [0.2, 0.25) is 0 Å². The Morgan fingerprint density at radius 1 is 1.30 bits per heavy atom. The van der Waals surface area contributed by atoms with Crippen molar-refractivity contribution in [1.82, 2.24) is 0 Å². The molecule has 2 aromatic carbocycles. The molecule has 0 aromatic heterocycles. The van der Waals surface area contributed by atoms with E-state index >= 15 is 0 Å². The van der Waals surface area contributed by atoms with Crippen molar-refractivity contribution in [3.8, 4) is 5.75 Å². The zero-order valence-electron chi connectivity index (χ0n) is 11.3. The molecule has 0 saturated carbocycles. The molecule has 4 heteroatoms. The number of rotatable bonds is 6. The van der Waals surface area contributed by atoms with Crippen molar-refractivity contribution in [1.29, 1.82) is 0 Å². The summed E-state index contributed by atoms with van der Waals surface area (Å²) in [6.45, 7) is 2.42. The number of aryl methyl sites for hydroxylation is 1. The van der Waals surface area contributed by atoms with Gasteiger partial charge in [-0.15, -0.1) is 0 Å². The van der Waals surface area contributed by atoms with Gasteiger partial charge < -0.3 is 4.74 Å². The molecule has 0 unspecified atom stereocenters. The molecule has 0 amide bonds. The lowest BCUT2D eigenvalue weighted by Crippen LogP contribution is -2.02. The highest BCUT2D eigenvalue weighted by Crippen LogP contribution is 2.24. The highest BCUT2D eigenvalue weighted by Gasteiger charge is 2.13. The topological polar surface area (TPSA) is 52.4 Å². The first-order valence-corrected chi connectivity index (χ1v) is 6.56. The Balaban J connectivity index is 1.98. The fourth-order valence-electron chi connectivity index (χ4n) is 1.97. The van der Waals surface area contributed by atoms with Gasteiger partial charge in [-0.1, -0.05) is 37.3 Å². The molecule has 2 aromatic rings. The molecule has 0 spiro atoms. The zero-order chi connectivity index (χ0) is 14.4. The Hall–Kier alpha value is -2.36. The average Bonchev–Trinajstić information content (AvgIpc) is 2.48. The fourth-order valence-corrected chi connectivity index (χ4v) is 1.97. The lowest BCUT2D eigenvalue weighted by molar-refractivity contribution is -0.385. The summed E-state index contributed by atoms with van der Waals surface area (Å²) in [5.41, 5.74) is 1.88. The van der Waals surface area contributed by atoms with Gasteiger partial charge in [-0.3, -0.25) is 10.1 Å². The number of hydrogen-bond donors (Lipinski definition) is 0. The molecule has 0 N–H and O–H groups in total. The summed E-state index contributed by atoms with van der Waals surface area (Å²) in [7, 11) is 0. The largest absolute Gasteiger partial charge is 0.493 e. The fraction of sp³-hybridized carbons (Fsp3) is 0.250. The van der Waals surface area contributed by atoms with Gasteiger partial charge in [0.2, 0.25) is 0 Å². The van der Waals surface area contributed by atoms with E-state index in [0.29, 0.717) is 24.3 Å². The van der Waals surface area contributed by atoms with Crippen LogP contribution >= 0.6 is 0 Å². The SMILES string of the molecule is CCc1cc(OCCc2ccccc2)c[c]c1[N+](=O)[O-]. The van der Waals surface area contributed by atoms with Gasteiger partial charge in [0.25, 0.3) is 5.69 Å². The van der Waals surface area contributed by atoms with E-state index in [2.05, 4.69) is 6.07 Å². The number of nitro benzene ring substituents is 1. The van der Waals surface area contributed by atoms with Crippen LogP contribution in [-0.2, 0) is 12.8 Å². The van der Waals surface area contributed by atoms with Gasteiger partial charge in [0.05, 0.1) is 17.6 Å². The Labute approximate surface area is 118 Å². The number of ether oxygens (including phenoxy) is 1. The first-order chi connectivity index (χ1) is 9.70. The van der Waals surface area contributed by atoms with Crippen molar-refractivity contribution in [2.45, 2.75) is 19.8 Å². The predicted molar refractivity (Wildman–Crippen MR) is 77.0 cm³/mol. The molecule has 20 heavy (non-hydrogen) atoms. The smallest absolute Gasteiger partial charge is 0.280 e. The maximum atomic E-state index is 10.8. The van der Waals surface area contributed by atoms with Crippen LogP contribution < -0.4 is 4.74 Å². The number of nitro groups is 1. The Morgan fingerprint density at radius 3 is 2.70 bits per heavy atom. The number of hydrogen-bond acceptors (Lipinski definition) is 3. The van der Waals surface area contributed by atoms with E-state index in [1.165, 1.54) is 11.6 Å². The number of nitrogens with zero attached hydrogens (tertiary/aromatic N) is 1. The highest BCUT2D eigenvalue weighted by molar-refractivity contribution is 5.44. The molecule has 103 valence electrons. The molecular formula is C16H16NO3. The van der Waals surface area contributed by atoms with Crippen LogP contribution in [-0.4, -0.2) is 11.5 Å². The van der Waals surface area contributed by atoms with Gasteiger partial charge in [0.1, 0.15) is 5.75 Å². The highest BCUT2D eigenvalue weighted by atomic mass is 16.6. The van der Waals surface area contributed by atoms with Crippen LogP contribution in [0, 0.1) is 16.2 Å². The summed E-state index contributed by atoms with van der Waals surface area (Å²) in [6.07, 6.45) is 1.39. The predicted octanol–water partition coefficient (Wildman–Crippen LogP) is 3.58. The van der Waals surface area contributed by atoms with Crippen molar-refractivity contribution in [2.24, 2.45) is 0 Å². The summed E-state index contributed by atoms with van der Waals surface area (Å²) < 4.78 is 5.63. The van der Waals surface area contributed by atoms with Crippen molar-refractivity contribution < 1.29 is 9.66 Å². The monoisotopic (exact) mass is 270 g/mol. The van der Waals surface area contributed by atoms with Crippen molar-refractivity contribution in [3.63, 3.8) is 0 Å². The van der Waals surface area contributed by atoms with Crippen LogP contribution in [0.4, 0.5) is 5.69 Å². The van der Waals surface area contributed by atoms with Crippen LogP contribution in [0.1, 0.15) is 18.1 Å². The average molecular weight is 270 g/mol. The van der Waals surface area contributed by atoms with E-state index in [1.807, 2.05) is 37.3 Å². The third-order valence-corrected chi connectivity index (χ3v) is 3.04. The quantitative estimate of drug-likeness (QED) is 0.595. The Kier molecular flexibility index (Phi) is 4.71. The van der Waals surface area contributed by atoms with Gasteiger partial charge in [-0.05, 0) is 24.1 Å². The second kappa shape index (κ2) is 6.70. The van der Waals surface area contributed by atoms with Crippen molar-refractivity contribution in [3.05, 3.63) is 69.8 Å². The van der Waals surface area contributed by atoms with Gasteiger partial charge in [0.15, 0.2) is 0 Å². The van der Waals surface area contributed by atoms with Gasteiger partial charge >= 0.3 is 0 Å². The standard InChI is InChI=1S/C16H16NO3/c1-2-14-12-15(8-9-16(14)17(18)19)20-11-10-13-6-4-3-5-7-13/h3-8,12H,2,10-11H2,1H3. The summed E-state index contributed by atoms with van der Waals surface area (Å²) in [4.78, 5) is 10.4. The lowest BCUT2D eigenvalue weighted by Gasteiger charge is -2.08. The van der Waals surface area contributed by atoms with E-state index in [1.54, 1.807) is 6.07 Å².